The van der Waals surface area contributed by atoms with Gasteiger partial charge in [-0.3, -0.25) is 19.6 Å². The maximum Gasteiger partial charge on any atom is 0.271 e. The number of nitrogens with one attached hydrogen (secondary N) is 2. The molecule has 0 heterocycles. The fraction of sp³-hybridized carbons (Fsp3) is 0.235. The maximum atomic E-state index is 12.6. The van der Waals surface area contributed by atoms with Gasteiger partial charge in [-0.25, -0.2) is 8.42 Å². The molecular formula is C17H19N3O5S. The minimum atomic E-state index is -4.00. The van der Waals surface area contributed by atoms with E-state index in [0.29, 0.717) is 12.1 Å². The average Bonchev–Trinajstić information content (AvgIpc) is 2.59. The van der Waals surface area contributed by atoms with Gasteiger partial charge in [-0.05, 0) is 37.1 Å². The predicted octanol–water partition coefficient (Wildman–Crippen LogP) is 2.84. The first kappa shape index (κ1) is 19.4. The minimum Gasteiger partial charge on any atom is -0.352 e. The van der Waals surface area contributed by atoms with E-state index in [-0.39, 0.29) is 27.7 Å². The molecule has 0 saturated heterocycles. The lowest BCUT2D eigenvalue weighted by Gasteiger charge is -2.11. The lowest BCUT2D eigenvalue weighted by molar-refractivity contribution is -0.384. The van der Waals surface area contributed by atoms with Gasteiger partial charge in [-0.1, -0.05) is 19.1 Å². The van der Waals surface area contributed by atoms with Crippen molar-refractivity contribution in [3.8, 4) is 0 Å². The number of anilines is 1. The summed E-state index contributed by atoms with van der Waals surface area (Å²) in [6, 6.07) is 9.40. The second-order valence-electron chi connectivity index (χ2n) is 5.65. The van der Waals surface area contributed by atoms with Crippen molar-refractivity contribution in [2.75, 3.05) is 11.3 Å². The third-order valence-electron chi connectivity index (χ3n) is 3.61. The normalized spacial score (nSPS) is 11.0. The Morgan fingerprint density at radius 2 is 1.92 bits per heavy atom. The quantitative estimate of drug-likeness (QED) is 0.568. The fourth-order valence-corrected chi connectivity index (χ4v) is 3.32. The van der Waals surface area contributed by atoms with E-state index in [1.165, 1.54) is 30.3 Å². The number of hydrogen-bond donors (Lipinski definition) is 2. The van der Waals surface area contributed by atoms with E-state index in [9.17, 15) is 23.3 Å². The fourth-order valence-electron chi connectivity index (χ4n) is 2.24. The molecule has 0 fully saturated rings. The summed E-state index contributed by atoms with van der Waals surface area (Å²) in [6.07, 6.45) is 0.761. The zero-order chi connectivity index (χ0) is 19.3. The summed E-state index contributed by atoms with van der Waals surface area (Å²) < 4.78 is 27.4. The topological polar surface area (TPSA) is 118 Å². The molecule has 2 N–H and O–H groups in total. The van der Waals surface area contributed by atoms with E-state index in [0.717, 1.165) is 12.5 Å². The summed E-state index contributed by atoms with van der Waals surface area (Å²) in [7, 11) is -4.00. The van der Waals surface area contributed by atoms with Crippen molar-refractivity contribution in [3.05, 3.63) is 63.7 Å². The molecule has 0 aromatic heterocycles. The number of rotatable bonds is 7. The maximum absolute atomic E-state index is 12.6. The van der Waals surface area contributed by atoms with Gasteiger partial charge in [-0.2, -0.15) is 0 Å². The zero-order valence-corrected chi connectivity index (χ0v) is 15.2. The van der Waals surface area contributed by atoms with Gasteiger partial charge in [0.1, 0.15) is 0 Å². The Hall–Kier alpha value is -2.94. The van der Waals surface area contributed by atoms with E-state index in [2.05, 4.69) is 10.0 Å². The highest BCUT2D eigenvalue weighted by molar-refractivity contribution is 7.92. The number of aryl methyl sites for hydroxylation is 1. The summed E-state index contributed by atoms with van der Waals surface area (Å²) >= 11 is 0. The first-order chi connectivity index (χ1) is 12.2. The lowest BCUT2D eigenvalue weighted by Crippen LogP contribution is -2.25. The third-order valence-corrected chi connectivity index (χ3v) is 4.99. The summed E-state index contributed by atoms with van der Waals surface area (Å²) in [5.74, 6) is -0.350. The van der Waals surface area contributed by atoms with E-state index in [1.807, 2.05) is 6.92 Å². The molecule has 1 amide bonds. The molecule has 0 radical (unpaired) electrons. The van der Waals surface area contributed by atoms with Gasteiger partial charge in [0, 0.05) is 24.2 Å². The molecule has 8 nitrogen and oxygen atoms in total. The molecule has 0 aliphatic carbocycles. The van der Waals surface area contributed by atoms with Crippen LogP contribution in [-0.4, -0.2) is 25.8 Å². The van der Waals surface area contributed by atoms with Crippen molar-refractivity contribution in [1.29, 1.82) is 0 Å². The number of nitro groups is 1. The van der Waals surface area contributed by atoms with Crippen LogP contribution in [-0.2, 0) is 10.0 Å². The lowest BCUT2D eigenvalue weighted by atomic mass is 10.1. The van der Waals surface area contributed by atoms with Gasteiger partial charge >= 0.3 is 0 Å². The summed E-state index contributed by atoms with van der Waals surface area (Å²) in [5.41, 5.74) is 0.749. The molecule has 2 aromatic rings. The average molecular weight is 377 g/mol. The smallest absolute Gasteiger partial charge is 0.271 e. The highest BCUT2D eigenvalue weighted by atomic mass is 32.2. The predicted molar refractivity (Wildman–Crippen MR) is 97.7 cm³/mol. The minimum absolute atomic E-state index is 0.0664. The molecule has 0 bridgehead atoms. The van der Waals surface area contributed by atoms with Crippen molar-refractivity contribution in [2.45, 2.75) is 25.2 Å². The molecule has 2 rings (SSSR count). The second-order valence-corrected chi connectivity index (χ2v) is 7.33. The Morgan fingerprint density at radius 3 is 2.58 bits per heavy atom. The second kappa shape index (κ2) is 7.96. The number of carbonyl (C=O) groups is 1. The van der Waals surface area contributed by atoms with Crippen LogP contribution >= 0.6 is 0 Å². The molecule has 9 heteroatoms. The first-order valence-corrected chi connectivity index (χ1v) is 9.39. The van der Waals surface area contributed by atoms with Crippen molar-refractivity contribution in [1.82, 2.24) is 5.32 Å². The third kappa shape index (κ3) is 4.57. The summed E-state index contributed by atoms with van der Waals surface area (Å²) in [6.45, 7) is 4.11. The molecule has 0 aliphatic rings. The number of nitro benzene ring substituents is 1. The van der Waals surface area contributed by atoms with Crippen LogP contribution in [0.1, 0.15) is 29.3 Å². The molecule has 2 aromatic carbocycles. The van der Waals surface area contributed by atoms with Crippen LogP contribution < -0.4 is 10.0 Å². The van der Waals surface area contributed by atoms with Crippen molar-refractivity contribution in [3.63, 3.8) is 0 Å². The van der Waals surface area contributed by atoms with Crippen LogP contribution in [0.4, 0.5) is 11.4 Å². The Balaban J connectivity index is 2.33. The van der Waals surface area contributed by atoms with Crippen LogP contribution in [0.15, 0.2) is 47.4 Å². The molecule has 0 spiro atoms. The Labute approximate surface area is 151 Å². The number of nitrogens with zero attached hydrogens (tertiary/aromatic N) is 1. The highest BCUT2D eigenvalue weighted by Gasteiger charge is 2.19. The van der Waals surface area contributed by atoms with Crippen molar-refractivity contribution in [2.24, 2.45) is 0 Å². The Morgan fingerprint density at radius 1 is 1.19 bits per heavy atom. The molecule has 26 heavy (non-hydrogen) atoms. The standard InChI is InChI=1S/C17H19N3O5S/c1-3-9-18-17(21)16-11-15(8-7-12(16)2)26(24,25)19-13-5-4-6-14(10-13)20(22)23/h4-8,10-11,19H,3,9H2,1-2H3,(H,18,21). The monoisotopic (exact) mass is 377 g/mol. The van der Waals surface area contributed by atoms with E-state index < -0.39 is 14.9 Å². The Bertz CT molecular complexity index is 941. The number of non-ortho nitro benzene ring substituents is 1. The Kier molecular flexibility index (Phi) is 5.93. The molecule has 0 atom stereocenters. The van der Waals surface area contributed by atoms with E-state index in [1.54, 1.807) is 13.0 Å². The van der Waals surface area contributed by atoms with Crippen LogP contribution in [0.3, 0.4) is 0 Å². The summed E-state index contributed by atoms with van der Waals surface area (Å²) in [4.78, 5) is 22.3. The first-order valence-electron chi connectivity index (χ1n) is 7.90. The van der Waals surface area contributed by atoms with E-state index >= 15 is 0 Å². The van der Waals surface area contributed by atoms with Gasteiger partial charge in [0.2, 0.25) is 0 Å². The van der Waals surface area contributed by atoms with Gasteiger partial charge < -0.3 is 5.32 Å². The van der Waals surface area contributed by atoms with Gasteiger partial charge in [0.05, 0.1) is 15.5 Å². The van der Waals surface area contributed by atoms with Crippen LogP contribution in [0.2, 0.25) is 0 Å². The van der Waals surface area contributed by atoms with Gasteiger partial charge in [-0.15, -0.1) is 0 Å². The van der Waals surface area contributed by atoms with Crippen LogP contribution in [0, 0.1) is 17.0 Å². The molecule has 0 saturated carbocycles. The van der Waals surface area contributed by atoms with E-state index in [4.69, 9.17) is 0 Å². The van der Waals surface area contributed by atoms with Crippen LogP contribution in [0.5, 0.6) is 0 Å². The SMILES string of the molecule is CCCNC(=O)c1cc(S(=O)(=O)Nc2cccc([N+](=O)[O-])c2)ccc1C. The number of carbonyl (C=O) groups excluding carboxylic acids is 1. The molecule has 0 aliphatic heterocycles. The van der Waals surface area contributed by atoms with Crippen molar-refractivity contribution >= 4 is 27.3 Å². The molecule has 138 valence electrons. The number of amides is 1. The number of hydrogen-bond acceptors (Lipinski definition) is 5. The van der Waals surface area contributed by atoms with Crippen LogP contribution in [0.25, 0.3) is 0 Å². The summed E-state index contributed by atoms with van der Waals surface area (Å²) in [5, 5.41) is 13.5. The van der Waals surface area contributed by atoms with Crippen molar-refractivity contribution < 1.29 is 18.1 Å². The largest absolute Gasteiger partial charge is 0.352 e. The number of benzene rings is 2. The highest BCUT2D eigenvalue weighted by Crippen LogP contribution is 2.22. The van der Waals surface area contributed by atoms with Gasteiger partial charge in [0.25, 0.3) is 21.6 Å². The zero-order valence-electron chi connectivity index (χ0n) is 14.4. The van der Waals surface area contributed by atoms with Gasteiger partial charge in [0.15, 0.2) is 0 Å². The number of sulfonamides is 1. The molecular weight excluding hydrogens is 358 g/mol. The molecule has 0 unspecified atom stereocenters.